The van der Waals surface area contributed by atoms with E-state index < -0.39 is 15.4 Å². The lowest BCUT2D eigenvalue weighted by atomic mass is 9.78. The molecule has 1 spiro atoms. The van der Waals surface area contributed by atoms with Crippen molar-refractivity contribution in [3.63, 3.8) is 0 Å². The summed E-state index contributed by atoms with van der Waals surface area (Å²) in [5.41, 5.74) is -0.587. The molecule has 8 nitrogen and oxygen atoms in total. The van der Waals surface area contributed by atoms with E-state index in [2.05, 4.69) is 5.10 Å². The van der Waals surface area contributed by atoms with Crippen molar-refractivity contribution >= 4 is 15.9 Å². The molecule has 0 saturated carbocycles. The van der Waals surface area contributed by atoms with Crippen molar-refractivity contribution in [2.75, 3.05) is 39.9 Å². The number of amides is 1. The molecule has 25 heavy (non-hydrogen) atoms. The Morgan fingerprint density at radius 1 is 1.32 bits per heavy atom. The number of hydrogen-bond acceptors (Lipinski definition) is 5. The van der Waals surface area contributed by atoms with Crippen LogP contribution in [0.5, 0.6) is 0 Å². The Balaban J connectivity index is 1.79. The third-order valence-corrected chi connectivity index (χ3v) is 7.16. The van der Waals surface area contributed by atoms with Crippen molar-refractivity contribution in [3.05, 3.63) is 12.3 Å². The van der Waals surface area contributed by atoms with Crippen molar-refractivity contribution in [1.82, 2.24) is 19.0 Å². The fourth-order valence-electron chi connectivity index (χ4n) is 3.89. The molecular formula is C16H26N4O4S. The smallest absolute Gasteiger partial charge is 0.260 e. The number of carbonyl (C=O) groups excluding carboxylic acids is 1. The molecule has 1 aromatic heterocycles. The second-order valence-electron chi connectivity index (χ2n) is 6.74. The molecule has 1 atom stereocenters. The Labute approximate surface area is 148 Å². The van der Waals surface area contributed by atoms with Crippen LogP contribution in [0.25, 0.3) is 0 Å². The van der Waals surface area contributed by atoms with Gasteiger partial charge in [0, 0.05) is 39.8 Å². The zero-order valence-electron chi connectivity index (χ0n) is 14.8. The molecular weight excluding hydrogens is 344 g/mol. The summed E-state index contributed by atoms with van der Waals surface area (Å²) in [5.74, 6) is 0.0671. The van der Waals surface area contributed by atoms with E-state index in [4.69, 9.17) is 4.74 Å². The molecule has 1 amide bonds. The molecule has 0 aromatic carbocycles. The first-order chi connectivity index (χ1) is 11.9. The first-order valence-electron chi connectivity index (χ1n) is 8.75. The van der Waals surface area contributed by atoms with E-state index >= 15 is 0 Å². The van der Waals surface area contributed by atoms with Gasteiger partial charge >= 0.3 is 0 Å². The maximum absolute atomic E-state index is 13.0. The number of sulfonamides is 1. The molecule has 1 aromatic rings. The molecule has 140 valence electrons. The molecule has 0 aliphatic carbocycles. The summed E-state index contributed by atoms with van der Waals surface area (Å²) in [6.45, 7) is 4.76. The quantitative estimate of drug-likeness (QED) is 0.730. The average Bonchev–Trinajstić information content (AvgIpc) is 3.24. The van der Waals surface area contributed by atoms with Gasteiger partial charge in [0.05, 0.1) is 18.2 Å². The molecule has 3 heterocycles. The average molecular weight is 370 g/mol. The lowest BCUT2D eigenvalue weighted by Gasteiger charge is -2.39. The van der Waals surface area contributed by atoms with Gasteiger partial charge in [0.15, 0.2) is 5.03 Å². The van der Waals surface area contributed by atoms with Gasteiger partial charge < -0.3 is 9.64 Å². The van der Waals surface area contributed by atoms with E-state index in [1.165, 1.54) is 21.3 Å². The summed E-state index contributed by atoms with van der Waals surface area (Å²) in [6.07, 6.45) is 3.72. The van der Waals surface area contributed by atoms with Crippen molar-refractivity contribution < 1.29 is 17.9 Å². The van der Waals surface area contributed by atoms with Crippen LogP contribution in [0.4, 0.5) is 0 Å². The highest BCUT2D eigenvalue weighted by molar-refractivity contribution is 7.89. The van der Waals surface area contributed by atoms with E-state index in [-0.39, 0.29) is 17.5 Å². The van der Waals surface area contributed by atoms with Crippen LogP contribution in [0.3, 0.4) is 0 Å². The molecule has 2 aliphatic rings. The molecule has 0 bridgehead atoms. The van der Waals surface area contributed by atoms with Crippen LogP contribution in [0.1, 0.15) is 26.2 Å². The van der Waals surface area contributed by atoms with Crippen LogP contribution < -0.4 is 0 Å². The highest BCUT2D eigenvalue weighted by Gasteiger charge is 2.51. The van der Waals surface area contributed by atoms with Crippen molar-refractivity contribution in [2.24, 2.45) is 5.41 Å². The van der Waals surface area contributed by atoms with Crippen molar-refractivity contribution in [2.45, 2.75) is 37.8 Å². The summed E-state index contributed by atoms with van der Waals surface area (Å²) in [5, 5.41) is 4.26. The molecule has 3 rings (SSSR count). The Bertz CT molecular complexity index is 732. The van der Waals surface area contributed by atoms with Crippen molar-refractivity contribution in [3.8, 4) is 0 Å². The van der Waals surface area contributed by atoms with Crippen LogP contribution >= 0.6 is 0 Å². The fraction of sp³-hybridized carbons (Fsp3) is 0.750. The number of piperidine rings is 1. The largest absolute Gasteiger partial charge is 0.383 e. The van der Waals surface area contributed by atoms with Crippen LogP contribution in [0.15, 0.2) is 17.3 Å². The summed E-state index contributed by atoms with van der Waals surface area (Å²) in [6, 6.07) is 1.53. The Morgan fingerprint density at radius 3 is 2.84 bits per heavy atom. The zero-order chi connectivity index (χ0) is 18.1. The summed E-state index contributed by atoms with van der Waals surface area (Å²) >= 11 is 0. The van der Waals surface area contributed by atoms with Gasteiger partial charge in [0.25, 0.3) is 10.0 Å². The molecule has 0 N–H and O–H groups in total. The number of rotatable bonds is 6. The number of hydrogen-bond donors (Lipinski definition) is 0. The maximum atomic E-state index is 13.0. The fourth-order valence-corrected chi connectivity index (χ4v) is 5.58. The summed E-state index contributed by atoms with van der Waals surface area (Å²) < 4.78 is 34.0. The Kier molecular flexibility index (Phi) is 5.17. The molecule has 9 heteroatoms. The number of ether oxygens (including phenoxy) is 1. The SMILES string of the molecule is CCn1nccc1S(=O)(=O)N1CC[C@]2(CCCN(CCOC)C2=O)C1. The van der Waals surface area contributed by atoms with Gasteiger partial charge in [-0.05, 0) is 32.3 Å². The minimum atomic E-state index is -3.63. The normalized spacial score (nSPS) is 25.2. The van der Waals surface area contributed by atoms with E-state index in [9.17, 15) is 13.2 Å². The number of likely N-dealkylation sites (tertiary alicyclic amines) is 1. The predicted octanol–water partition coefficient (Wildman–Crippen LogP) is 0.553. The number of nitrogens with zero attached hydrogens (tertiary/aromatic N) is 4. The zero-order valence-corrected chi connectivity index (χ0v) is 15.7. The van der Waals surface area contributed by atoms with E-state index in [0.717, 1.165) is 19.4 Å². The van der Waals surface area contributed by atoms with Gasteiger partial charge in [-0.25, -0.2) is 8.42 Å². The van der Waals surface area contributed by atoms with E-state index in [1.54, 1.807) is 7.11 Å². The van der Waals surface area contributed by atoms with E-state index in [0.29, 0.717) is 32.7 Å². The van der Waals surface area contributed by atoms with Crippen LogP contribution in [-0.4, -0.2) is 73.2 Å². The second kappa shape index (κ2) is 7.05. The first kappa shape index (κ1) is 18.3. The van der Waals surface area contributed by atoms with Gasteiger partial charge in [-0.3, -0.25) is 9.48 Å². The second-order valence-corrected chi connectivity index (χ2v) is 8.63. The number of aromatic nitrogens is 2. The first-order valence-corrected chi connectivity index (χ1v) is 10.2. The monoisotopic (exact) mass is 370 g/mol. The maximum Gasteiger partial charge on any atom is 0.260 e. The Hall–Kier alpha value is -1.45. The minimum Gasteiger partial charge on any atom is -0.383 e. The number of methoxy groups -OCH3 is 1. The summed E-state index contributed by atoms with van der Waals surface area (Å²) in [4.78, 5) is 14.8. The molecule has 2 saturated heterocycles. The number of carbonyl (C=O) groups is 1. The van der Waals surface area contributed by atoms with E-state index in [1.807, 2.05) is 11.8 Å². The number of aryl methyl sites for hydroxylation is 1. The third kappa shape index (κ3) is 3.20. The predicted molar refractivity (Wildman–Crippen MR) is 91.4 cm³/mol. The van der Waals surface area contributed by atoms with Gasteiger partial charge in [-0.15, -0.1) is 0 Å². The van der Waals surface area contributed by atoms with Gasteiger partial charge in [0.2, 0.25) is 5.91 Å². The van der Waals surface area contributed by atoms with Gasteiger partial charge in [-0.1, -0.05) is 0 Å². The third-order valence-electron chi connectivity index (χ3n) is 5.29. The standard InChI is InChI=1S/C16H26N4O4S/c1-3-20-14(5-8-17-20)25(22,23)19-10-7-16(13-19)6-4-9-18(15(16)21)11-12-24-2/h5,8H,3-4,6-7,9-13H2,1-2H3/t16-/m1/s1. The Morgan fingerprint density at radius 2 is 2.12 bits per heavy atom. The lowest BCUT2D eigenvalue weighted by Crippen LogP contribution is -2.51. The minimum absolute atomic E-state index is 0.0671. The topological polar surface area (TPSA) is 84.7 Å². The highest BCUT2D eigenvalue weighted by atomic mass is 32.2. The van der Waals surface area contributed by atoms with Crippen molar-refractivity contribution in [1.29, 1.82) is 0 Å². The highest BCUT2D eigenvalue weighted by Crippen LogP contribution is 2.41. The van der Waals surface area contributed by atoms with Crippen LogP contribution in [-0.2, 0) is 26.1 Å². The van der Waals surface area contributed by atoms with Crippen LogP contribution in [0.2, 0.25) is 0 Å². The summed E-state index contributed by atoms with van der Waals surface area (Å²) in [7, 11) is -2.02. The molecule has 2 fully saturated rings. The van der Waals surface area contributed by atoms with Gasteiger partial charge in [0.1, 0.15) is 0 Å². The lowest BCUT2D eigenvalue weighted by molar-refractivity contribution is -0.146. The molecule has 0 radical (unpaired) electrons. The van der Waals surface area contributed by atoms with Gasteiger partial charge in [-0.2, -0.15) is 9.40 Å². The molecule has 2 aliphatic heterocycles. The van der Waals surface area contributed by atoms with Crippen LogP contribution in [0, 0.1) is 5.41 Å². The molecule has 0 unspecified atom stereocenters.